The molecule has 5 rings (SSSR count). The molecule has 180 valence electrons. The van der Waals surface area contributed by atoms with Crippen LogP contribution in [0.5, 0.6) is 0 Å². The third-order valence-electron chi connectivity index (χ3n) is 13.2. The zero-order valence-electron chi connectivity index (χ0n) is 21.9. The predicted octanol–water partition coefficient (Wildman–Crippen LogP) is 7.20. The molecular weight excluding hydrogens is 392 g/mol. The Morgan fingerprint density at radius 2 is 1.62 bits per heavy atom. The molecule has 0 aromatic heterocycles. The number of ketones is 1. The van der Waals surface area contributed by atoms with E-state index in [1.54, 1.807) is 0 Å². The Morgan fingerprint density at radius 1 is 0.938 bits per heavy atom. The molecule has 5 fully saturated rings. The van der Waals surface area contributed by atoms with Crippen LogP contribution >= 0.6 is 0 Å². The van der Waals surface area contributed by atoms with Crippen LogP contribution in [0.2, 0.25) is 0 Å². The molecule has 0 aliphatic heterocycles. The van der Waals surface area contributed by atoms with Gasteiger partial charge >= 0.3 is 0 Å². The third kappa shape index (κ3) is 2.60. The minimum Gasteiger partial charge on any atom is -0.393 e. The summed E-state index contributed by atoms with van der Waals surface area (Å²) in [4.78, 5) is 12.9. The normalized spacial score (nSPS) is 56.6. The Bertz CT molecular complexity index is 842. The number of carbonyl (C=O) groups excluding carboxylic acids is 1. The van der Waals surface area contributed by atoms with Crippen LogP contribution in [0.4, 0.5) is 0 Å². The van der Waals surface area contributed by atoms with E-state index in [1.807, 2.05) is 0 Å². The summed E-state index contributed by atoms with van der Waals surface area (Å²) in [5.74, 6) is 3.02. The van der Waals surface area contributed by atoms with Gasteiger partial charge in [0.25, 0.3) is 0 Å². The highest BCUT2D eigenvalue weighted by Crippen LogP contribution is 2.77. The minimum atomic E-state index is -0.257. The molecule has 10 atom stereocenters. The molecule has 32 heavy (non-hydrogen) atoms. The van der Waals surface area contributed by atoms with E-state index in [1.165, 1.54) is 37.7 Å². The van der Waals surface area contributed by atoms with Gasteiger partial charge in [-0.15, -0.1) is 0 Å². The molecule has 0 amide bonds. The fraction of sp³-hybridized carbons (Fsp3) is 0.900. The molecule has 0 aromatic rings. The van der Waals surface area contributed by atoms with Crippen LogP contribution in [0.3, 0.4) is 0 Å². The lowest BCUT2D eigenvalue weighted by Crippen LogP contribution is -2.69. The van der Waals surface area contributed by atoms with Crippen molar-refractivity contribution in [1.82, 2.24) is 0 Å². The number of allylic oxidation sites excluding steroid dienone is 1. The van der Waals surface area contributed by atoms with Crippen molar-refractivity contribution in [2.24, 2.45) is 56.7 Å². The molecule has 0 unspecified atom stereocenters. The molecule has 0 bridgehead atoms. The first-order chi connectivity index (χ1) is 14.7. The summed E-state index contributed by atoms with van der Waals surface area (Å²) in [6, 6.07) is 0. The van der Waals surface area contributed by atoms with Crippen molar-refractivity contribution in [3.63, 3.8) is 0 Å². The topological polar surface area (TPSA) is 37.3 Å². The van der Waals surface area contributed by atoms with Gasteiger partial charge < -0.3 is 5.11 Å². The molecule has 2 nitrogen and oxygen atoms in total. The number of carbonyl (C=O) groups is 1. The van der Waals surface area contributed by atoms with Crippen molar-refractivity contribution < 1.29 is 9.90 Å². The predicted molar refractivity (Wildman–Crippen MR) is 131 cm³/mol. The van der Waals surface area contributed by atoms with Crippen molar-refractivity contribution in [2.75, 3.05) is 0 Å². The molecule has 0 radical (unpaired) electrons. The quantitative estimate of drug-likeness (QED) is 0.438. The molecular formula is C30H48O2. The molecule has 2 heteroatoms. The number of aliphatic hydroxyl groups is 1. The van der Waals surface area contributed by atoms with E-state index >= 15 is 0 Å². The summed E-state index contributed by atoms with van der Waals surface area (Å²) in [6.45, 7) is 21.3. The van der Waals surface area contributed by atoms with Crippen LogP contribution in [-0.4, -0.2) is 17.0 Å². The lowest BCUT2D eigenvalue weighted by atomic mass is 9.32. The van der Waals surface area contributed by atoms with Crippen LogP contribution in [0.15, 0.2) is 12.2 Å². The summed E-state index contributed by atoms with van der Waals surface area (Å²) in [5.41, 5.74) is 1.99. The number of fused-ring (bicyclic) bond motifs is 7. The second kappa shape index (κ2) is 6.73. The zero-order chi connectivity index (χ0) is 23.5. The van der Waals surface area contributed by atoms with E-state index in [2.05, 4.69) is 55.0 Å². The fourth-order valence-electron chi connectivity index (χ4n) is 11.4. The Labute approximate surface area is 197 Å². The summed E-state index contributed by atoms with van der Waals surface area (Å²) in [7, 11) is 0. The maximum Gasteiger partial charge on any atom is 0.138 e. The summed E-state index contributed by atoms with van der Waals surface area (Å²) >= 11 is 0. The number of rotatable bonds is 1. The van der Waals surface area contributed by atoms with Crippen molar-refractivity contribution in [3.8, 4) is 0 Å². The molecule has 0 spiro atoms. The van der Waals surface area contributed by atoms with Crippen molar-refractivity contribution >= 4 is 5.78 Å². The SMILES string of the molecule is C=C(C)[C@@H]1CC[C@]2(C)CC[C@]3(C)[C@@H](C[C@@H](O)[C@@H]4[C@@]5(C)CCC(=O)C(C)(C)[C@@H]5CC[C@]43C)[C@H]12. The van der Waals surface area contributed by atoms with Crippen LogP contribution in [0, 0.1) is 56.7 Å². The maximum atomic E-state index is 12.9. The average molecular weight is 441 g/mol. The van der Waals surface area contributed by atoms with Gasteiger partial charge in [-0.05, 0) is 110 Å². The molecule has 0 saturated heterocycles. The van der Waals surface area contributed by atoms with Crippen LogP contribution in [0.1, 0.15) is 106 Å². The first-order valence-corrected chi connectivity index (χ1v) is 13.6. The number of Topliss-reactive ketones (excluding diaryl/α,β-unsaturated/α-hetero) is 1. The zero-order valence-corrected chi connectivity index (χ0v) is 21.9. The van der Waals surface area contributed by atoms with Gasteiger partial charge in [-0.3, -0.25) is 4.79 Å². The second-order valence-electron chi connectivity index (χ2n) is 14.6. The van der Waals surface area contributed by atoms with Gasteiger partial charge in [0.05, 0.1) is 6.10 Å². The monoisotopic (exact) mass is 440 g/mol. The van der Waals surface area contributed by atoms with Crippen molar-refractivity contribution in [3.05, 3.63) is 12.2 Å². The minimum absolute atomic E-state index is 0.0575. The van der Waals surface area contributed by atoms with Crippen LogP contribution in [0.25, 0.3) is 0 Å². The van der Waals surface area contributed by atoms with Gasteiger partial charge in [-0.25, -0.2) is 0 Å². The van der Waals surface area contributed by atoms with Gasteiger partial charge in [-0.2, -0.15) is 0 Å². The highest BCUT2D eigenvalue weighted by Gasteiger charge is 2.72. The number of hydrogen-bond donors (Lipinski definition) is 1. The smallest absolute Gasteiger partial charge is 0.138 e. The van der Waals surface area contributed by atoms with Gasteiger partial charge in [0.2, 0.25) is 0 Å². The largest absolute Gasteiger partial charge is 0.393 e. The molecule has 1 N–H and O–H groups in total. The lowest BCUT2D eigenvalue weighted by Gasteiger charge is -2.73. The molecule has 5 saturated carbocycles. The van der Waals surface area contributed by atoms with E-state index in [-0.39, 0.29) is 27.8 Å². The Hall–Kier alpha value is -0.630. The first-order valence-electron chi connectivity index (χ1n) is 13.6. The summed E-state index contributed by atoms with van der Waals surface area (Å²) in [5, 5.41) is 12.0. The second-order valence-corrected chi connectivity index (χ2v) is 14.6. The van der Waals surface area contributed by atoms with Crippen molar-refractivity contribution in [1.29, 1.82) is 0 Å². The average Bonchev–Trinajstić information content (AvgIpc) is 3.05. The van der Waals surface area contributed by atoms with Crippen LogP contribution < -0.4 is 0 Å². The Morgan fingerprint density at radius 3 is 2.28 bits per heavy atom. The van der Waals surface area contributed by atoms with Gasteiger partial charge in [0.15, 0.2) is 0 Å². The maximum absolute atomic E-state index is 12.9. The number of hydrogen-bond acceptors (Lipinski definition) is 2. The summed E-state index contributed by atoms with van der Waals surface area (Å²) < 4.78 is 0. The van der Waals surface area contributed by atoms with Gasteiger partial charge in [-0.1, -0.05) is 53.7 Å². The summed E-state index contributed by atoms with van der Waals surface area (Å²) in [6.07, 6.45) is 9.92. The van der Waals surface area contributed by atoms with E-state index in [4.69, 9.17) is 0 Å². The van der Waals surface area contributed by atoms with E-state index in [0.29, 0.717) is 47.2 Å². The standard InChI is InChI=1S/C30H48O2/c1-18(2)19-9-12-27(5)15-16-29(7)20(24(19)27)17-21(31)25-28(6)13-11-23(32)26(3,4)22(28)10-14-30(25,29)8/h19-22,24-25,31H,1,9-17H2,2-8H3/t19-,20-,21+,22-,24-,25+,27+,28-,29+,30+/m0/s1. The molecule has 0 heterocycles. The first kappa shape index (κ1) is 23.1. The Kier molecular flexibility index (Phi) is 4.87. The fourth-order valence-corrected chi connectivity index (χ4v) is 11.4. The van der Waals surface area contributed by atoms with Gasteiger partial charge in [0.1, 0.15) is 5.78 Å². The highest BCUT2D eigenvalue weighted by molar-refractivity contribution is 5.85. The van der Waals surface area contributed by atoms with Crippen LogP contribution in [-0.2, 0) is 4.79 Å². The van der Waals surface area contributed by atoms with E-state index < -0.39 is 0 Å². The molecule has 0 aromatic carbocycles. The lowest BCUT2D eigenvalue weighted by molar-refractivity contribution is -0.264. The van der Waals surface area contributed by atoms with E-state index in [9.17, 15) is 9.90 Å². The van der Waals surface area contributed by atoms with E-state index in [0.717, 1.165) is 19.3 Å². The molecule has 5 aliphatic carbocycles. The highest BCUT2D eigenvalue weighted by atomic mass is 16.3. The number of aliphatic hydroxyl groups excluding tert-OH is 1. The van der Waals surface area contributed by atoms with Gasteiger partial charge in [0, 0.05) is 11.8 Å². The van der Waals surface area contributed by atoms with Crippen molar-refractivity contribution in [2.45, 2.75) is 112 Å². The molecule has 5 aliphatic rings. The Balaban J connectivity index is 1.59. The third-order valence-corrected chi connectivity index (χ3v) is 13.2.